The Morgan fingerprint density at radius 1 is 0.545 bits per heavy atom. The average Bonchev–Trinajstić information content (AvgIpc) is 2.97. The molecule has 0 heterocycles. The first kappa shape index (κ1) is 32.3. The van der Waals surface area contributed by atoms with Crippen molar-refractivity contribution in [3.63, 3.8) is 0 Å². The van der Waals surface area contributed by atoms with Crippen LogP contribution in [0.15, 0.2) is 105 Å². The van der Waals surface area contributed by atoms with Gasteiger partial charge in [-0.15, -0.1) is 0 Å². The van der Waals surface area contributed by atoms with Gasteiger partial charge in [-0.25, -0.2) is 0 Å². The standard InChI is InChI=1S/C32H32N4O6S2/c1-35(2)29-15-5-23(6-16-29)21-33-27-13-11-25(31(19-27)43(37,38)39)9-10-26-12-14-28(20-32(26)44(40,41)42)34-22-24-7-17-30(18-8-24)36(3)4/h5-22H,1-4H3,(H,37,38,39)(H,40,41,42). The number of aliphatic imine (C=N–C) groups is 2. The molecule has 4 rings (SSSR count). The molecule has 0 unspecified atom stereocenters. The van der Waals surface area contributed by atoms with Crippen molar-refractivity contribution in [3.8, 4) is 0 Å². The smallest absolute Gasteiger partial charge is 0.295 e. The highest BCUT2D eigenvalue weighted by Crippen LogP contribution is 2.28. The largest absolute Gasteiger partial charge is 0.378 e. The molecule has 0 saturated heterocycles. The molecule has 0 aliphatic rings. The van der Waals surface area contributed by atoms with Gasteiger partial charge in [0.25, 0.3) is 20.2 Å². The Balaban J connectivity index is 1.62. The van der Waals surface area contributed by atoms with Crippen LogP contribution in [0.4, 0.5) is 22.7 Å². The topological polar surface area (TPSA) is 140 Å². The molecule has 0 aliphatic heterocycles. The van der Waals surface area contributed by atoms with Crippen LogP contribution in [0, 0.1) is 0 Å². The quantitative estimate of drug-likeness (QED) is 0.124. The molecule has 2 N–H and O–H groups in total. The molecular formula is C32H32N4O6S2. The molecule has 0 fully saturated rings. The summed E-state index contributed by atoms with van der Waals surface area (Å²) in [7, 11) is -1.62. The summed E-state index contributed by atoms with van der Waals surface area (Å²) in [5, 5.41) is 0. The highest BCUT2D eigenvalue weighted by Gasteiger charge is 2.17. The van der Waals surface area contributed by atoms with E-state index in [0.717, 1.165) is 22.5 Å². The van der Waals surface area contributed by atoms with Crippen molar-refractivity contribution in [1.82, 2.24) is 0 Å². The second-order valence-corrected chi connectivity index (χ2v) is 13.0. The second kappa shape index (κ2) is 13.3. The van der Waals surface area contributed by atoms with Crippen LogP contribution in [0.1, 0.15) is 22.3 Å². The van der Waals surface area contributed by atoms with Gasteiger partial charge < -0.3 is 9.80 Å². The fourth-order valence-electron chi connectivity index (χ4n) is 4.12. The van der Waals surface area contributed by atoms with Crippen molar-refractivity contribution in [2.24, 2.45) is 9.98 Å². The number of benzene rings is 4. The van der Waals surface area contributed by atoms with E-state index in [1.165, 1.54) is 36.4 Å². The fourth-order valence-corrected chi connectivity index (χ4v) is 5.53. The van der Waals surface area contributed by atoms with E-state index in [2.05, 4.69) is 9.98 Å². The fraction of sp³-hybridized carbons (Fsp3) is 0.125. The molecule has 0 bridgehead atoms. The summed E-state index contributed by atoms with van der Waals surface area (Å²) in [6, 6.07) is 23.6. The molecule has 0 amide bonds. The Morgan fingerprint density at radius 3 is 1.18 bits per heavy atom. The summed E-state index contributed by atoms with van der Waals surface area (Å²) in [6.45, 7) is 0. The maximum absolute atomic E-state index is 12.2. The van der Waals surface area contributed by atoms with E-state index in [1.54, 1.807) is 24.6 Å². The SMILES string of the molecule is CN(C)c1ccc(C=Nc2ccc(C=Cc3ccc(N=Cc4ccc(N(C)C)cc4)cc3S(=O)(=O)O)c(S(=O)(=O)O)c2)cc1. The molecule has 228 valence electrons. The Kier molecular flexibility index (Phi) is 9.80. The third kappa shape index (κ3) is 8.48. The zero-order chi connectivity index (χ0) is 32.1. The van der Waals surface area contributed by atoms with Crippen molar-refractivity contribution in [2.75, 3.05) is 38.0 Å². The summed E-state index contributed by atoms with van der Waals surface area (Å²) in [6.07, 6.45) is 5.80. The van der Waals surface area contributed by atoms with Crippen LogP contribution >= 0.6 is 0 Å². The minimum absolute atomic E-state index is 0.0892. The van der Waals surface area contributed by atoms with E-state index in [-0.39, 0.29) is 22.5 Å². The van der Waals surface area contributed by atoms with Crippen LogP contribution in [0.2, 0.25) is 0 Å². The van der Waals surface area contributed by atoms with Crippen molar-refractivity contribution in [2.45, 2.75) is 9.79 Å². The normalized spacial score (nSPS) is 12.4. The third-order valence-corrected chi connectivity index (χ3v) is 8.36. The first-order valence-corrected chi connectivity index (χ1v) is 16.1. The molecule has 10 nitrogen and oxygen atoms in total. The number of hydrogen-bond acceptors (Lipinski definition) is 8. The second-order valence-electron chi connectivity index (χ2n) is 10.2. The molecular weight excluding hydrogens is 601 g/mol. The van der Waals surface area contributed by atoms with Crippen LogP contribution in [0.5, 0.6) is 0 Å². The number of rotatable bonds is 10. The summed E-state index contributed by atoms with van der Waals surface area (Å²) >= 11 is 0. The number of hydrogen-bond donors (Lipinski definition) is 2. The van der Waals surface area contributed by atoms with Crippen LogP contribution < -0.4 is 9.80 Å². The zero-order valence-electron chi connectivity index (χ0n) is 24.5. The molecule has 12 heteroatoms. The lowest BCUT2D eigenvalue weighted by Gasteiger charge is -2.11. The van der Waals surface area contributed by atoms with E-state index in [4.69, 9.17) is 0 Å². The van der Waals surface area contributed by atoms with Crippen LogP contribution in [-0.2, 0) is 20.2 Å². The number of nitrogens with zero attached hydrogens (tertiary/aromatic N) is 4. The molecule has 0 radical (unpaired) electrons. The van der Waals surface area contributed by atoms with Gasteiger partial charge >= 0.3 is 0 Å². The van der Waals surface area contributed by atoms with E-state index < -0.39 is 30.0 Å². The van der Waals surface area contributed by atoms with Gasteiger partial charge in [0, 0.05) is 52.0 Å². The highest BCUT2D eigenvalue weighted by atomic mass is 32.2. The Bertz CT molecular complexity index is 1810. The summed E-state index contributed by atoms with van der Waals surface area (Å²) in [4.78, 5) is 11.7. The minimum atomic E-state index is -4.67. The van der Waals surface area contributed by atoms with Gasteiger partial charge in [0.05, 0.1) is 11.4 Å². The predicted octanol–water partition coefficient (Wildman–Crippen LogP) is 5.98. The molecule has 4 aromatic carbocycles. The highest BCUT2D eigenvalue weighted by molar-refractivity contribution is 7.86. The van der Waals surface area contributed by atoms with Crippen LogP contribution in [-0.4, -0.2) is 66.6 Å². The molecule has 0 aromatic heterocycles. The Hall–Kier alpha value is -4.62. The van der Waals surface area contributed by atoms with Crippen molar-refractivity contribution in [3.05, 3.63) is 107 Å². The van der Waals surface area contributed by atoms with Crippen molar-refractivity contribution in [1.29, 1.82) is 0 Å². The molecule has 44 heavy (non-hydrogen) atoms. The maximum Gasteiger partial charge on any atom is 0.295 e. The van der Waals surface area contributed by atoms with Crippen LogP contribution in [0.3, 0.4) is 0 Å². The van der Waals surface area contributed by atoms with E-state index >= 15 is 0 Å². The lowest BCUT2D eigenvalue weighted by Crippen LogP contribution is -2.08. The van der Waals surface area contributed by atoms with Crippen molar-refractivity contribution >= 4 is 67.6 Å². The summed E-state index contributed by atoms with van der Waals surface area (Å²) in [5.41, 5.74) is 4.35. The van der Waals surface area contributed by atoms with Gasteiger partial charge in [0.1, 0.15) is 9.79 Å². The minimum Gasteiger partial charge on any atom is -0.378 e. The lowest BCUT2D eigenvalue weighted by atomic mass is 10.1. The summed E-state index contributed by atoms with van der Waals surface area (Å²) in [5.74, 6) is 0. The zero-order valence-corrected chi connectivity index (χ0v) is 26.2. The van der Waals surface area contributed by atoms with Crippen LogP contribution in [0.25, 0.3) is 12.2 Å². The molecule has 0 atom stereocenters. The van der Waals surface area contributed by atoms with Gasteiger partial charge in [-0.2, -0.15) is 16.8 Å². The molecule has 4 aromatic rings. The van der Waals surface area contributed by atoms with E-state index in [0.29, 0.717) is 0 Å². The van der Waals surface area contributed by atoms with E-state index in [1.807, 2.05) is 86.5 Å². The first-order chi connectivity index (χ1) is 20.7. The average molecular weight is 633 g/mol. The number of anilines is 2. The molecule has 0 saturated carbocycles. The van der Waals surface area contributed by atoms with Gasteiger partial charge in [0.15, 0.2) is 0 Å². The lowest BCUT2D eigenvalue weighted by molar-refractivity contribution is 0.480. The maximum atomic E-state index is 12.2. The first-order valence-electron chi connectivity index (χ1n) is 13.2. The molecule has 0 spiro atoms. The monoisotopic (exact) mass is 632 g/mol. The van der Waals surface area contributed by atoms with Gasteiger partial charge in [-0.3, -0.25) is 19.1 Å². The van der Waals surface area contributed by atoms with Gasteiger partial charge in [-0.05, 0) is 70.8 Å². The Labute approximate surface area is 257 Å². The molecule has 0 aliphatic carbocycles. The van der Waals surface area contributed by atoms with E-state index in [9.17, 15) is 25.9 Å². The van der Waals surface area contributed by atoms with Crippen molar-refractivity contribution < 1.29 is 25.9 Å². The summed E-state index contributed by atoms with van der Waals surface area (Å²) < 4.78 is 68.7. The van der Waals surface area contributed by atoms with Gasteiger partial charge in [-0.1, -0.05) is 48.6 Å². The van der Waals surface area contributed by atoms with Gasteiger partial charge in [0.2, 0.25) is 0 Å². The predicted molar refractivity (Wildman–Crippen MR) is 177 cm³/mol. The Morgan fingerprint density at radius 2 is 0.886 bits per heavy atom. The third-order valence-electron chi connectivity index (χ3n) is 6.54.